The second-order valence-corrected chi connectivity index (χ2v) is 4.70. The Bertz CT molecular complexity index is 242. The molecule has 0 saturated heterocycles. The molecular weight excluding hydrogens is 232 g/mol. The Morgan fingerprint density at radius 2 is 1.78 bits per heavy atom. The van der Waals surface area contributed by atoms with Crippen molar-refractivity contribution in [3.8, 4) is 0 Å². The fourth-order valence-electron chi connectivity index (χ4n) is 1.34. The molecule has 106 valence electrons. The van der Waals surface area contributed by atoms with E-state index in [4.69, 9.17) is 4.74 Å². The third-order valence-electron chi connectivity index (χ3n) is 2.33. The van der Waals surface area contributed by atoms with Gasteiger partial charge in [-0.15, -0.1) is 0 Å². The molecule has 2 N–H and O–H groups in total. The summed E-state index contributed by atoms with van der Waals surface area (Å²) < 4.78 is 5.40. The van der Waals surface area contributed by atoms with Gasteiger partial charge >= 0.3 is 0 Å². The van der Waals surface area contributed by atoms with E-state index in [0.717, 1.165) is 13.0 Å². The van der Waals surface area contributed by atoms with Gasteiger partial charge in [0.15, 0.2) is 0 Å². The van der Waals surface area contributed by atoms with E-state index in [2.05, 4.69) is 24.5 Å². The Balaban J connectivity index is 3.29. The van der Waals surface area contributed by atoms with Gasteiger partial charge in [0, 0.05) is 39.6 Å². The Labute approximate surface area is 110 Å². The summed E-state index contributed by atoms with van der Waals surface area (Å²) in [6, 6.07) is 0. The highest BCUT2D eigenvalue weighted by atomic mass is 16.5. The number of nitrogens with one attached hydrogen (secondary N) is 2. The Morgan fingerprint density at radius 1 is 1.11 bits per heavy atom. The van der Waals surface area contributed by atoms with Crippen LogP contribution < -0.4 is 10.6 Å². The lowest BCUT2D eigenvalue weighted by Gasteiger charge is -2.07. The summed E-state index contributed by atoms with van der Waals surface area (Å²) in [5.74, 6) is 0.525. The predicted molar refractivity (Wildman–Crippen MR) is 71.2 cm³/mol. The van der Waals surface area contributed by atoms with E-state index in [1.165, 1.54) is 0 Å². The zero-order chi connectivity index (χ0) is 13.8. The topological polar surface area (TPSA) is 67.4 Å². The van der Waals surface area contributed by atoms with Crippen LogP contribution in [-0.4, -0.2) is 38.6 Å². The molecule has 0 heterocycles. The van der Waals surface area contributed by atoms with Gasteiger partial charge < -0.3 is 15.4 Å². The average Bonchev–Trinajstić information content (AvgIpc) is 2.33. The van der Waals surface area contributed by atoms with E-state index in [1.807, 2.05) is 0 Å². The molecule has 0 fully saturated rings. The molecule has 18 heavy (non-hydrogen) atoms. The molecule has 2 amide bonds. The molecule has 0 aliphatic rings. The van der Waals surface area contributed by atoms with E-state index in [0.29, 0.717) is 38.3 Å². The highest BCUT2D eigenvalue weighted by Crippen LogP contribution is 1.96. The van der Waals surface area contributed by atoms with Crippen LogP contribution >= 0.6 is 0 Å². The number of hydrogen-bond acceptors (Lipinski definition) is 3. The maximum absolute atomic E-state index is 11.4. The molecule has 0 saturated carbocycles. The second-order valence-electron chi connectivity index (χ2n) is 4.70. The van der Waals surface area contributed by atoms with Crippen LogP contribution in [-0.2, 0) is 14.3 Å². The summed E-state index contributed by atoms with van der Waals surface area (Å²) in [7, 11) is 1.60. The molecule has 5 heteroatoms. The van der Waals surface area contributed by atoms with Crippen molar-refractivity contribution in [1.82, 2.24) is 10.6 Å². The van der Waals surface area contributed by atoms with Crippen LogP contribution in [0.1, 0.15) is 39.5 Å². The first kappa shape index (κ1) is 16.9. The summed E-state index contributed by atoms with van der Waals surface area (Å²) >= 11 is 0. The van der Waals surface area contributed by atoms with Crippen molar-refractivity contribution < 1.29 is 14.3 Å². The normalized spacial score (nSPS) is 10.4. The van der Waals surface area contributed by atoms with Crippen LogP contribution in [0, 0.1) is 5.92 Å². The minimum Gasteiger partial charge on any atom is -0.381 e. The van der Waals surface area contributed by atoms with E-state index in [-0.39, 0.29) is 11.8 Å². The predicted octanol–water partition coefficient (Wildman–Crippen LogP) is 1.08. The maximum Gasteiger partial charge on any atom is 0.220 e. The summed E-state index contributed by atoms with van der Waals surface area (Å²) in [5, 5.41) is 5.34. The van der Waals surface area contributed by atoms with Gasteiger partial charge in [-0.2, -0.15) is 0 Å². The number of amides is 2. The molecule has 0 aromatic carbocycles. The molecule has 0 aliphatic carbocycles. The fourth-order valence-corrected chi connectivity index (χ4v) is 1.34. The van der Waals surface area contributed by atoms with Crippen molar-refractivity contribution in [2.45, 2.75) is 39.5 Å². The summed E-state index contributed by atoms with van der Waals surface area (Å²) in [4.78, 5) is 22.3. The lowest BCUT2D eigenvalue weighted by Crippen LogP contribution is -2.25. The third kappa shape index (κ3) is 11.4. The van der Waals surface area contributed by atoms with Crippen LogP contribution in [0.3, 0.4) is 0 Å². The van der Waals surface area contributed by atoms with Crippen molar-refractivity contribution in [3.05, 3.63) is 0 Å². The van der Waals surface area contributed by atoms with Gasteiger partial charge in [-0.05, 0) is 18.8 Å². The first-order valence-electron chi connectivity index (χ1n) is 6.61. The molecule has 0 radical (unpaired) electrons. The van der Waals surface area contributed by atoms with Crippen molar-refractivity contribution in [3.63, 3.8) is 0 Å². The molecular formula is C13H26N2O3. The largest absolute Gasteiger partial charge is 0.381 e. The average molecular weight is 258 g/mol. The van der Waals surface area contributed by atoms with Crippen molar-refractivity contribution in [2.24, 2.45) is 5.92 Å². The lowest BCUT2D eigenvalue weighted by atomic mass is 10.2. The zero-order valence-electron chi connectivity index (χ0n) is 11.8. The summed E-state index contributed by atoms with van der Waals surface area (Å²) in [6.45, 7) is 6.29. The van der Waals surface area contributed by atoms with Crippen LogP contribution in [0.2, 0.25) is 0 Å². The van der Waals surface area contributed by atoms with Crippen molar-refractivity contribution in [1.29, 1.82) is 0 Å². The van der Waals surface area contributed by atoms with E-state index in [9.17, 15) is 9.59 Å². The highest BCUT2D eigenvalue weighted by Gasteiger charge is 2.03. The van der Waals surface area contributed by atoms with Gasteiger partial charge in [-0.1, -0.05) is 13.8 Å². The maximum atomic E-state index is 11.4. The smallest absolute Gasteiger partial charge is 0.220 e. The number of carbonyl (C=O) groups is 2. The Kier molecular flexibility index (Phi) is 10.3. The lowest BCUT2D eigenvalue weighted by molar-refractivity contribution is -0.122. The summed E-state index contributed by atoms with van der Waals surface area (Å²) in [5.41, 5.74) is 0. The molecule has 0 unspecified atom stereocenters. The molecule has 5 nitrogen and oxygen atoms in total. The van der Waals surface area contributed by atoms with E-state index < -0.39 is 0 Å². The van der Waals surface area contributed by atoms with Gasteiger partial charge in [0.1, 0.15) is 0 Å². The van der Waals surface area contributed by atoms with Crippen LogP contribution in [0.5, 0.6) is 0 Å². The van der Waals surface area contributed by atoms with Crippen LogP contribution in [0.4, 0.5) is 0 Å². The fraction of sp³-hybridized carbons (Fsp3) is 0.846. The van der Waals surface area contributed by atoms with Crippen LogP contribution in [0.25, 0.3) is 0 Å². The van der Waals surface area contributed by atoms with Crippen molar-refractivity contribution >= 4 is 11.8 Å². The molecule has 0 rings (SSSR count). The van der Waals surface area contributed by atoms with Gasteiger partial charge in [0.25, 0.3) is 0 Å². The van der Waals surface area contributed by atoms with Gasteiger partial charge in [-0.3, -0.25) is 9.59 Å². The highest BCUT2D eigenvalue weighted by molar-refractivity contribution is 5.78. The van der Waals surface area contributed by atoms with Gasteiger partial charge in [0.2, 0.25) is 11.8 Å². The van der Waals surface area contributed by atoms with Gasteiger partial charge in [0.05, 0.1) is 0 Å². The molecule has 0 aromatic rings. The first-order valence-corrected chi connectivity index (χ1v) is 6.61. The first-order chi connectivity index (χ1) is 8.56. The molecule has 0 atom stereocenters. The number of rotatable bonds is 10. The number of ether oxygens (including phenoxy) is 1. The minimum absolute atomic E-state index is 0.00256. The number of hydrogen-bond donors (Lipinski definition) is 2. The third-order valence-corrected chi connectivity index (χ3v) is 2.33. The Morgan fingerprint density at radius 3 is 2.39 bits per heavy atom. The Hall–Kier alpha value is -1.10. The second kappa shape index (κ2) is 11.0. The number of carbonyl (C=O) groups excluding carboxylic acids is 2. The van der Waals surface area contributed by atoms with Crippen LogP contribution in [0.15, 0.2) is 0 Å². The van der Waals surface area contributed by atoms with Gasteiger partial charge in [-0.25, -0.2) is 0 Å². The van der Waals surface area contributed by atoms with Crippen molar-refractivity contribution in [2.75, 3.05) is 26.8 Å². The summed E-state index contributed by atoms with van der Waals surface area (Å²) in [6.07, 6.45) is 2.23. The standard InChI is InChI=1S/C13H26N2O3/c1-11(2)10-18-9-5-8-15-13(17)7-4-6-12(16)14-3/h11H,4-10H2,1-3H3,(H,14,16)(H,15,17). The molecule has 0 aromatic heterocycles. The SMILES string of the molecule is CNC(=O)CCCC(=O)NCCCOCC(C)C. The minimum atomic E-state index is -0.0233. The van der Waals surface area contributed by atoms with E-state index in [1.54, 1.807) is 7.05 Å². The molecule has 0 bridgehead atoms. The monoisotopic (exact) mass is 258 g/mol. The molecule has 0 spiro atoms. The molecule has 0 aliphatic heterocycles. The zero-order valence-corrected chi connectivity index (χ0v) is 11.8. The van der Waals surface area contributed by atoms with E-state index >= 15 is 0 Å². The quantitative estimate of drug-likeness (QED) is 0.576.